The Morgan fingerprint density at radius 3 is 2.38 bits per heavy atom. The Bertz CT molecular complexity index is 928. The van der Waals surface area contributed by atoms with Crippen molar-refractivity contribution in [3.8, 4) is 11.3 Å². The zero-order chi connectivity index (χ0) is 19.1. The summed E-state index contributed by atoms with van der Waals surface area (Å²) in [6.45, 7) is 4.48. The van der Waals surface area contributed by atoms with Crippen molar-refractivity contribution >= 4 is 17.2 Å². The molecule has 0 bridgehead atoms. The van der Waals surface area contributed by atoms with Crippen LogP contribution in [-0.4, -0.2) is 15.9 Å². The molecule has 3 nitrogen and oxygen atoms in total. The van der Waals surface area contributed by atoms with Crippen LogP contribution in [0.1, 0.15) is 36.6 Å². The van der Waals surface area contributed by atoms with Crippen molar-refractivity contribution in [2.75, 3.05) is 6.54 Å². The standard InChI is InChI=1S/C19H19ClF3N3/c1-11(2)12-3-5-13(6-4-12)17-16(7-8-24)26-10-14(19(21,22)23)9-15(20)18(26)25-17/h3-6,9-11H,7-8,24H2,1-2H3. The monoisotopic (exact) mass is 381 g/mol. The van der Waals surface area contributed by atoms with E-state index in [1.54, 1.807) is 0 Å². The molecule has 7 heteroatoms. The van der Waals surface area contributed by atoms with E-state index in [4.69, 9.17) is 17.3 Å². The largest absolute Gasteiger partial charge is 0.417 e. The number of alkyl halides is 3. The van der Waals surface area contributed by atoms with Crippen LogP contribution in [0.2, 0.25) is 5.02 Å². The van der Waals surface area contributed by atoms with Crippen LogP contribution in [0.25, 0.3) is 16.9 Å². The summed E-state index contributed by atoms with van der Waals surface area (Å²) < 4.78 is 40.8. The molecular weight excluding hydrogens is 363 g/mol. The number of hydrogen-bond acceptors (Lipinski definition) is 2. The zero-order valence-electron chi connectivity index (χ0n) is 14.4. The number of rotatable bonds is 4. The summed E-state index contributed by atoms with van der Waals surface area (Å²) in [6.07, 6.45) is -3.06. The van der Waals surface area contributed by atoms with E-state index in [0.29, 0.717) is 35.9 Å². The number of pyridine rings is 1. The molecule has 0 spiro atoms. The molecule has 0 saturated carbocycles. The molecule has 0 atom stereocenters. The Morgan fingerprint density at radius 1 is 1.19 bits per heavy atom. The van der Waals surface area contributed by atoms with E-state index in [1.807, 2.05) is 24.3 Å². The minimum atomic E-state index is -4.48. The number of nitrogens with zero attached hydrogens (tertiary/aromatic N) is 2. The fourth-order valence-corrected chi connectivity index (χ4v) is 3.19. The molecule has 138 valence electrons. The van der Waals surface area contributed by atoms with E-state index in [1.165, 1.54) is 9.96 Å². The van der Waals surface area contributed by atoms with Crippen LogP contribution in [0.4, 0.5) is 13.2 Å². The normalized spacial score (nSPS) is 12.3. The minimum Gasteiger partial charge on any atom is -0.330 e. The number of benzene rings is 1. The molecule has 0 aliphatic carbocycles. The van der Waals surface area contributed by atoms with E-state index in [9.17, 15) is 13.2 Å². The van der Waals surface area contributed by atoms with Crippen LogP contribution in [0, 0.1) is 0 Å². The second kappa shape index (κ2) is 6.93. The second-order valence-corrected chi connectivity index (χ2v) is 6.90. The Morgan fingerprint density at radius 2 is 1.85 bits per heavy atom. The van der Waals surface area contributed by atoms with Gasteiger partial charge in [-0.3, -0.25) is 0 Å². The van der Waals surface area contributed by atoms with Gasteiger partial charge in [0, 0.05) is 18.2 Å². The molecule has 0 aliphatic heterocycles. The first-order chi connectivity index (χ1) is 12.2. The molecule has 0 unspecified atom stereocenters. The summed E-state index contributed by atoms with van der Waals surface area (Å²) in [5.74, 6) is 0.386. The van der Waals surface area contributed by atoms with E-state index >= 15 is 0 Å². The average molecular weight is 382 g/mol. The lowest BCUT2D eigenvalue weighted by molar-refractivity contribution is -0.137. The molecule has 0 amide bonds. The Kier molecular flexibility index (Phi) is 4.99. The number of aromatic nitrogens is 2. The third-order valence-corrected chi connectivity index (χ3v) is 4.61. The highest BCUT2D eigenvalue weighted by molar-refractivity contribution is 6.33. The van der Waals surface area contributed by atoms with Gasteiger partial charge < -0.3 is 10.1 Å². The molecule has 3 rings (SSSR count). The zero-order valence-corrected chi connectivity index (χ0v) is 15.2. The van der Waals surface area contributed by atoms with E-state index in [-0.39, 0.29) is 5.02 Å². The van der Waals surface area contributed by atoms with Crippen molar-refractivity contribution in [2.24, 2.45) is 5.73 Å². The van der Waals surface area contributed by atoms with Gasteiger partial charge in [-0.1, -0.05) is 49.7 Å². The lowest BCUT2D eigenvalue weighted by atomic mass is 10.00. The fraction of sp³-hybridized carbons (Fsp3) is 0.316. The molecule has 3 aromatic rings. The van der Waals surface area contributed by atoms with E-state index in [2.05, 4.69) is 18.8 Å². The van der Waals surface area contributed by atoms with E-state index < -0.39 is 11.7 Å². The highest BCUT2D eigenvalue weighted by atomic mass is 35.5. The van der Waals surface area contributed by atoms with Gasteiger partial charge in [-0.25, -0.2) is 4.98 Å². The van der Waals surface area contributed by atoms with Crippen LogP contribution in [0.5, 0.6) is 0 Å². The minimum absolute atomic E-state index is 0.0388. The third-order valence-electron chi connectivity index (χ3n) is 4.33. The van der Waals surface area contributed by atoms with Crippen LogP contribution in [0.3, 0.4) is 0 Å². The van der Waals surface area contributed by atoms with Gasteiger partial charge in [0.15, 0.2) is 5.65 Å². The van der Waals surface area contributed by atoms with Crippen molar-refractivity contribution in [3.63, 3.8) is 0 Å². The topological polar surface area (TPSA) is 43.3 Å². The Labute approximate surface area is 154 Å². The maximum absolute atomic E-state index is 13.1. The first-order valence-corrected chi connectivity index (χ1v) is 8.68. The van der Waals surface area contributed by atoms with E-state index in [0.717, 1.165) is 17.8 Å². The Hall–Kier alpha value is -2.05. The molecule has 0 radical (unpaired) electrons. The quantitative estimate of drug-likeness (QED) is 0.666. The highest BCUT2D eigenvalue weighted by Gasteiger charge is 2.32. The number of halogens is 4. The van der Waals surface area contributed by atoms with Crippen molar-refractivity contribution in [1.82, 2.24) is 9.38 Å². The lowest BCUT2D eigenvalue weighted by Crippen LogP contribution is -2.10. The predicted molar refractivity (Wildman–Crippen MR) is 97.5 cm³/mol. The molecule has 2 N–H and O–H groups in total. The Balaban J connectivity index is 2.22. The summed E-state index contributed by atoms with van der Waals surface area (Å²) in [4.78, 5) is 4.51. The lowest BCUT2D eigenvalue weighted by Gasteiger charge is -2.10. The number of nitrogens with two attached hydrogens (primary N) is 1. The van der Waals surface area contributed by atoms with Gasteiger partial charge in [-0.05, 0) is 24.1 Å². The molecule has 0 fully saturated rings. The fourth-order valence-electron chi connectivity index (χ4n) is 2.94. The summed E-state index contributed by atoms with van der Waals surface area (Å²) >= 11 is 6.09. The number of imidazole rings is 1. The van der Waals surface area contributed by atoms with Crippen LogP contribution in [0.15, 0.2) is 36.5 Å². The summed E-state index contributed by atoms with van der Waals surface area (Å²) in [7, 11) is 0. The highest BCUT2D eigenvalue weighted by Crippen LogP contribution is 2.35. The molecule has 2 aromatic heterocycles. The van der Waals surface area contributed by atoms with Gasteiger partial charge in [-0.2, -0.15) is 13.2 Å². The molecule has 1 aromatic carbocycles. The van der Waals surface area contributed by atoms with Crippen molar-refractivity contribution in [2.45, 2.75) is 32.4 Å². The first kappa shape index (κ1) is 18.7. The third kappa shape index (κ3) is 3.44. The number of hydrogen-bond donors (Lipinski definition) is 1. The molecule has 0 saturated heterocycles. The first-order valence-electron chi connectivity index (χ1n) is 8.30. The van der Waals surface area contributed by atoms with Gasteiger partial charge in [0.2, 0.25) is 0 Å². The van der Waals surface area contributed by atoms with Gasteiger partial charge in [0.25, 0.3) is 0 Å². The molecule has 26 heavy (non-hydrogen) atoms. The van der Waals surface area contributed by atoms with Crippen molar-refractivity contribution < 1.29 is 13.2 Å². The van der Waals surface area contributed by atoms with Crippen LogP contribution in [-0.2, 0) is 12.6 Å². The number of fused-ring (bicyclic) bond motifs is 1. The summed E-state index contributed by atoms with van der Waals surface area (Å²) in [5.41, 5.74) is 8.40. The smallest absolute Gasteiger partial charge is 0.330 e. The van der Waals surface area contributed by atoms with Crippen LogP contribution < -0.4 is 5.73 Å². The van der Waals surface area contributed by atoms with Gasteiger partial charge in [-0.15, -0.1) is 0 Å². The van der Waals surface area contributed by atoms with Crippen molar-refractivity contribution in [1.29, 1.82) is 0 Å². The van der Waals surface area contributed by atoms with Gasteiger partial charge >= 0.3 is 6.18 Å². The molecule has 2 heterocycles. The maximum Gasteiger partial charge on any atom is 0.417 e. The maximum atomic E-state index is 13.1. The molecule has 0 aliphatic rings. The predicted octanol–water partition coefficient (Wildman–Crippen LogP) is 5.30. The van der Waals surface area contributed by atoms with Crippen molar-refractivity contribution in [3.05, 3.63) is 58.4 Å². The van der Waals surface area contributed by atoms with Crippen LogP contribution >= 0.6 is 11.6 Å². The summed E-state index contributed by atoms with van der Waals surface area (Å²) in [5, 5.41) is -0.0388. The second-order valence-electron chi connectivity index (χ2n) is 6.49. The SMILES string of the molecule is CC(C)c1ccc(-c2nc3c(Cl)cc(C(F)(F)F)cn3c2CCN)cc1. The van der Waals surface area contributed by atoms with Gasteiger partial charge in [0.05, 0.1) is 22.0 Å². The summed E-state index contributed by atoms with van der Waals surface area (Å²) in [6, 6.07) is 8.76. The average Bonchev–Trinajstić information content (AvgIpc) is 2.94. The molecular formula is C19H19ClF3N3. The van der Waals surface area contributed by atoms with Gasteiger partial charge in [0.1, 0.15) is 0 Å².